The Morgan fingerprint density at radius 1 is 1.33 bits per heavy atom. The molecule has 0 aromatic rings. The van der Waals surface area contributed by atoms with Gasteiger partial charge >= 0.3 is 0 Å². The molecule has 1 heterocycles. The van der Waals surface area contributed by atoms with Gasteiger partial charge in [-0.2, -0.15) is 0 Å². The second-order valence-electron chi connectivity index (χ2n) is 5.32. The highest BCUT2D eigenvalue weighted by molar-refractivity contribution is 5.79. The molecule has 106 valence electrons. The molecule has 1 atom stereocenters. The molecule has 1 aliphatic rings. The molecule has 18 heavy (non-hydrogen) atoms. The van der Waals surface area contributed by atoms with Gasteiger partial charge < -0.3 is 15.3 Å². The van der Waals surface area contributed by atoms with E-state index in [0.717, 1.165) is 26.1 Å². The Bertz CT molecular complexity index is 242. The molecule has 0 saturated carbocycles. The third-order valence-corrected chi connectivity index (χ3v) is 3.87. The lowest BCUT2D eigenvalue weighted by molar-refractivity contribution is -0.138. The Labute approximate surface area is 111 Å². The Hall–Kier alpha value is -0.610. The van der Waals surface area contributed by atoms with Crippen LogP contribution in [0.1, 0.15) is 39.5 Å². The number of carbonyl (C=O) groups excluding carboxylic acids is 1. The molecule has 0 radical (unpaired) electrons. The van der Waals surface area contributed by atoms with Crippen LogP contribution in [0.3, 0.4) is 0 Å². The first-order valence-corrected chi connectivity index (χ1v) is 7.31. The second kappa shape index (κ2) is 8.48. The fourth-order valence-corrected chi connectivity index (χ4v) is 2.34. The van der Waals surface area contributed by atoms with Crippen molar-refractivity contribution >= 4 is 5.91 Å². The van der Waals surface area contributed by atoms with Gasteiger partial charge in [0.05, 0.1) is 6.61 Å². The van der Waals surface area contributed by atoms with E-state index in [4.69, 9.17) is 5.11 Å². The molecule has 0 bridgehead atoms. The van der Waals surface area contributed by atoms with Crippen LogP contribution < -0.4 is 5.32 Å². The molecular formula is C14H28N2O2. The van der Waals surface area contributed by atoms with Gasteiger partial charge in [-0.25, -0.2) is 0 Å². The van der Waals surface area contributed by atoms with Crippen LogP contribution in [-0.2, 0) is 4.79 Å². The van der Waals surface area contributed by atoms with Gasteiger partial charge in [0.15, 0.2) is 0 Å². The summed E-state index contributed by atoms with van der Waals surface area (Å²) in [6.07, 6.45) is 4.65. The molecule has 0 aromatic heterocycles. The molecule has 1 rings (SSSR count). The summed E-state index contributed by atoms with van der Waals surface area (Å²) in [4.78, 5) is 14.2. The van der Waals surface area contributed by atoms with Crippen molar-refractivity contribution in [3.63, 3.8) is 0 Å². The highest BCUT2D eigenvalue weighted by Gasteiger charge is 2.31. The number of carbonyl (C=O) groups is 1. The Balaban J connectivity index is 2.35. The van der Waals surface area contributed by atoms with Crippen LogP contribution in [0.5, 0.6) is 0 Å². The number of nitrogens with one attached hydrogen (secondary N) is 1. The minimum atomic E-state index is 0.0646. The average Bonchev–Trinajstić information content (AvgIpc) is 2.30. The van der Waals surface area contributed by atoms with Crippen LogP contribution in [0.15, 0.2) is 0 Å². The lowest BCUT2D eigenvalue weighted by Crippen LogP contribution is -2.51. The van der Waals surface area contributed by atoms with Crippen molar-refractivity contribution in [2.75, 3.05) is 32.8 Å². The van der Waals surface area contributed by atoms with Crippen molar-refractivity contribution < 1.29 is 9.90 Å². The number of aliphatic hydroxyl groups is 1. The molecule has 0 spiro atoms. The van der Waals surface area contributed by atoms with Crippen molar-refractivity contribution in [3.8, 4) is 0 Å². The van der Waals surface area contributed by atoms with E-state index < -0.39 is 0 Å². The summed E-state index contributed by atoms with van der Waals surface area (Å²) < 4.78 is 0. The van der Waals surface area contributed by atoms with Crippen molar-refractivity contribution in [3.05, 3.63) is 0 Å². The second-order valence-corrected chi connectivity index (χ2v) is 5.32. The maximum Gasteiger partial charge on any atom is 0.225 e. The van der Waals surface area contributed by atoms with Gasteiger partial charge in [0.25, 0.3) is 0 Å². The number of rotatable bonds is 9. The summed E-state index contributed by atoms with van der Waals surface area (Å²) in [7, 11) is 0. The van der Waals surface area contributed by atoms with Gasteiger partial charge in [0, 0.05) is 19.0 Å². The summed E-state index contributed by atoms with van der Waals surface area (Å²) in [5, 5.41) is 12.3. The summed E-state index contributed by atoms with van der Waals surface area (Å²) in [5.41, 5.74) is 0. The van der Waals surface area contributed by atoms with E-state index in [-0.39, 0.29) is 18.4 Å². The lowest BCUT2D eigenvalue weighted by Gasteiger charge is -2.35. The van der Waals surface area contributed by atoms with E-state index in [0.29, 0.717) is 12.5 Å². The molecular weight excluding hydrogens is 228 g/mol. The molecule has 1 unspecified atom stereocenters. The topological polar surface area (TPSA) is 52.6 Å². The zero-order valence-corrected chi connectivity index (χ0v) is 11.8. The van der Waals surface area contributed by atoms with Gasteiger partial charge in [-0.15, -0.1) is 0 Å². The lowest BCUT2D eigenvalue weighted by atomic mass is 9.88. The van der Waals surface area contributed by atoms with Gasteiger partial charge in [-0.05, 0) is 25.4 Å². The number of hydrogen-bond acceptors (Lipinski definition) is 3. The predicted octanol–water partition coefficient (Wildman–Crippen LogP) is 1.24. The Morgan fingerprint density at radius 2 is 2.06 bits per heavy atom. The zero-order chi connectivity index (χ0) is 13.4. The van der Waals surface area contributed by atoms with Crippen LogP contribution in [0, 0.1) is 11.8 Å². The van der Waals surface area contributed by atoms with Crippen molar-refractivity contribution in [1.29, 1.82) is 0 Å². The number of nitrogens with zero attached hydrogens (tertiary/aromatic N) is 1. The highest BCUT2D eigenvalue weighted by atomic mass is 16.3. The van der Waals surface area contributed by atoms with Crippen molar-refractivity contribution in [1.82, 2.24) is 10.2 Å². The molecule has 4 heteroatoms. The van der Waals surface area contributed by atoms with Crippen molar-refractivity contribution in [2.45, 2.75) is 39.5 Å². The third-order valence-electron chi connectivity index (χ3n) is 3.87. The predicted molar refractivity (Wildman–Crippen MR) is 73.3 cm³/mol. The third kappa shape index (κ3) is 4.58. The first-order chi connectivity index (χ1) is 8.70. The minimum absolute atomic E-state index is 0.0646. The smallest absolute Gasteiger partial charge is 0.225 e. The van der Waals surface area contributed by atoms with E-state index in [9.17, 15) is 4.79 Å². The van der Waals surface area contributed by atoms with Crippen LogP contribution in [0.4, 0.5) is 0 Å². The van der Waals surface area contributed by atoms with Gasteiger partial charge in [0.1, 0.15) is 0 Å². The summed E-state index contributed by atoms with van der Waals surface area (Å²) in [6, 6.07) is 0. The number of unbranched alkanes of at least 4 members (excludes halogenated alkanes) is 3. The Morgan fingerprint density at radius 3 is 2.56 bits per heavy atom. The monoisotopic (exact) mass is 256 g/mol. The average molecular weight is 256 g/mol. The van der Waals surface area contributed by atoms with E-state index in [1.54, 1.807) is 0 Å². The molecule has 1 saturated heterocycles. The van der Waals surface area contributed by atoms with Crippen LogP contribution in [-0.4, -0.2) is 48.7 Å². The normalized spacial score (nSPS) is 17.3. The van der Waals surface area contributed by atoms with E-state index in [1.807, 2.05) is 11.8 Å². The van der Waals surface area contributed by atoms with Gasteiger partial charge in [-0.1, -0.05) is 33.1 Å². The maximum absolute atomic E-state index is 12.3. The minimum Gasteiger partial charge on any atom is -0.395 e. The molecule has 1 fully saturated rings. The summed E-state index contributed by atoms with van der Waals surface area (Å²) in [5.74, 6) is 0.783. The van der Waals surface area contributed by atoms with E-state index >= 15 is 0 Å². The number of aliphatic hydroxyl groups excluding tert-OH is 1. The molecule has 2 N–H and O–H groups in total. The summed E-state index contributed by atoms with van der Waals surface area (Å²) >= 11 is 0. The summed E-state index contributed by atoms with van der Waals surface area (Å²) in [6.45, 7) is 7.45. The van der Waals surface area contributed by atoms with Crippen LogP contribution >= 0.6 is 0 Å². The SMILES string of the molecule is CCCCCCN(CCO)C(=O)C(C)C1CNC1. The standard InChI is InChI=1S/C14H28N2O2/c1-3-4-5-6-7-16(8-9-17)14(18)12(2)13-10-15-11-13/h12-13,15,17H,3-11H2,1-2H3. The Kier molecular flexibility index (Phi) is 7.28. The number of hydrogen-bond donors (Lipinski definition) is 2. The highest BCUT2D eigenvalue weighted by Crippen LogP contribution is 2.18. The molecule has 4 nitrogen and oxygen atoms in total. The van der Waals surface area contributed by atoms with Gasteiger partial charge in [-0.3, -0.25) is 4.79 Å². The van der Waals surface area contributed by atoms with Crippen LogP contribution in [0.25, 0.3) is 0 Å². The number of amides is 1. The zero-order valence-electron chi connectivity index (χ0n) is 11.8. The first-order valence-electron chi connectivity index (χ1n) is 7.31. The van der Waals surface area contributed by atoms with E-state index in [1.165, 1.54) is 19.3 Å². The molecule has 1 amide bonds. The molecule has 0 aliphatic carbocycles. The molecule has 0 aromatic carbocycles. The maximum atomic E-state index is 12.3. The van der Waals surface area contributed by atoms with Crippen molar-refractivity contribution in [2.24, 2.45) is 11.8 Å². The largest absolute Gasteiger partial charge is 0.395 e. The molecule has 1 aliphatic heterocycles. The quantitative estimate of drug-likeness (QED) is 0.610. The van der Waals surface area contributed by atoms with Crippen LogP contribution in [0.2, 0.25) is 0 Å². The van der Waals surface area contributed by atoms with Gasteiger partial charge in [0.2, 0.25) is 5.91 Å². The fourth-order valence-electron chi connectivity index (χ4n) is 2.34. The first kappa shape index (κ1) is 15.4. The fraction of sp³-hybridized carbons (Fsp3) is 0.929. The van der Waals surface area contributed by atoms with E-state index in [2.05, 4.69) is 12.2 Å².